The van der Waals surface area contributed by atoms with Gasteiger partial charge in [-0.25, -0.2) is 0 Å². The van der Waals surface area contributed by atoms with Crippen molar-refractivity contribution in [1.82, 2.24) is 0 Å². The lowest BCUT2D eigenvalue weighted by Crippen LogP contribution is -2.44. The molecular weight excluding hydrogens is 316 g/mol. The minimum atomic E-state index is -0.450. The van der Waals surface area contributed by atoms with Gasteiger partial charge in [-0.1, -0.05) is 18.6 Å². The third-order valence-electron chi connectivity index (χ3n) is 8.52. The molecule has 6 aliphatic rings. The van der Waals surface area contributed by atoms with E-state index in [-0.39, 0.29) is 23.0 Å². The Morgan fingerprint density at radius 2 is 2.04 bits per heavy atom. The normalized spacial score (nSPS) is 55.9. The third-order valence-corrected chi connectivity index (χ3v) is 8.52. The van der Waals surface area contributed by atoms with Gasteiger partial charge in [0, 0.05) is 0 Å². The number of aliphatic hydroxyl groups is 1. The average molecular weight is 344 g/mol. The first kappa shape index (κ1) is 15.2. The molecule has 0 radical (unpaired) electrons. The second kappa shape index (κ2) is 4.52. The van der Waals surface area contributed by atoms with E-state index in [9.17, 15) is 5.11 Å². The molecular formula is C21H28O4. The predicted octanol–water partition coefficient (Wildman–Crippen LogP) is 3.31. The molecule has 4 heteroatoms. The van der Waals surface area contributed by atoms with Crippen LogP contribution >= 0.6 is 0 Å². The predicted molar refractivity (Wildman–Crippen MR) is 91.5 cm³/mol. The van der Waals surface area contributed by atoms with Gasteiger partial charge in [-0.15, -0.1) is 0 Å². The first-order chi connectivity index (χ1) is 12.0. The summed E-state index contributed by atoms with van der Waals surface area (Å²) < 4.78 is 18.8. The zero-order valence-corrected chi connectivity index (χ0v) is 15.2. The molecule has 136 valence electrons. The Hall–Kier alpha value is -0.840. The highest BCUT2D eigenvalue weighted by Crippen LogP contribution is 2.68. The molecule has 0 aromatic carbocycles. The lowest BCUT2D eigenvalue weighted by Gasteiger charge is -2.51. The van der Waals surface area contributed by atoms with Crippen LogP contribution in [0.4, 0.5) is 0 Å². The summed E-state index contributed by atoms with van der Waals surface area (Å²) in [7, 11) is 0. The van der Waals surface area contributed by atoms with Crippen LogP contribution in [0.3, 0.4) is 0 Å². The number of rotatable bonds is 0. The summed E-state index contributed by atoms with van der Waals surface area (Å²) in [4.78, 5) is 0. The first-order valence-electron chi connectivity index (χ1n) is 10.0. The molecule has 7 atom stereocenters. The number of fused-ring (bicyclic) bond motifs is 3. The topological polar surface area (TPSA) is 47.9 Å². The lowest BCUT2D eigenvalue weighted by atomic mass is 9.53. The second-order valence-electron chi connectivity index (χ2n) is 9.60. The van der Waals surface area contributed by atoms with E-state index in [0.717, 1.165) is 38.7 Å². The van der Waals surface area contributed by atoms with E-state index in [2.05, 4.69) is 19.9 Å². The van der Waals surface area contributed by atoms with Crippen molar-refractivity contribution in [2.45, 2.75) is 70.4 Å². The highest BCUT2D eigenvalue weighted by Gasteiger charge is 2.72. The molecule has 1 spiro atoms. The summed E-state index contributed by atoms with van der Waals surface area (Å²) in [5.41, 5.74) is 3.29. The fourth-order valence-corrected chi connectivity index (χ4v) is 7.27. The smallest absolute Gasteiger partial charge is 0.173 e. The number of hydrogen-bond acceptors (Lipinski definition) is 4. The summed E-state index contributed by atoms with van der Waals surface area (Å²) in [5.74, 6) is 1.75. The molecule has 3 heterocycles. The lowest BCUT2D eigenvalue weighted by molar-refractivity contribution is -0.181. The molecule has 4 nitrogen and oxygen atoms in total. The van der Waals surface area contributed by atoms with Crippen molar-refractivity contribution in [2.75, 3.05) is 13.2 Å². The molecule has 1 N–H and O–H groups in total. The monoisotopic (exact) mass is 344 g/mol. The Morgan fingerprint density at radius 1 is 1.16 bits per heavy atom. The molecule has 0 amide bonds. The van der Waals surface area contributed by atoms with Crippen LogP contribution in [0.5, 0.6) is 0 Å². The fourth-order valence-electron chi connectivity index (χ4n) is 7.27. The Balaban J connectivity index is 1.47. The molecule has 4 fully saturated rings. The van der Waals surface area contributed by atoms with Gasteiger partial charge in [-0.05, 0) is 62.4 Å². The maximum Gasteiger partial charge on any atom is 0.173 e. The maximum atomic E-state index is 10.1. The standard InChI is InChI=1S/C21H28O4/c1-19-7-5-13(22)9-12(19)3-4-14-15(19)6-8-21-11-24-20(2)17(21)16(10-23-20)25-18(14)21/h3,13,15-17,22H,4-11H2,1-2H3/t13-,15-,16-,17-,19+,20-,21+/m1/s1. The number of allylic oxidation sites excluding steroid dienone is 2. The summed E-state index contributed by atoms with van der Waals surface area (Å²) in [6.07, 6.45) is 8.68. The van der Waals surface area contributed by atoms with Gasteiger partial charge in [0.05, 0.1) is 30.7 Å². The highest BCUT2D eigenvalue weighted by molar-refractivity contribution is 5.40. The van der Waals surface area contributed by atoms with Crippen LogP contribution < -0.4 is 0 Å². The van der Waals surface area contributed by atoms with Gasteiger partial charge in [0.1, 0.15) is 11.9 Å². The summed E-state index contributed by atoms with van der Waals surface area (Å²) in [6, 6.07) is 0. The van der Waals surface area contributed by atoms with Crippen LogP contribution in [0, 0.1) is 22.7 Å². The van der Waals surface area contributed by atoms with E-state index in [1.54, 1.807) is 0 Å². The molecule has 3 aliphatic heterocycles. The largest absolute Gasteiger partial charge is 0.491 e. The van der Waals surface area contributed by atoms with Crippen molar-refractivity contribution in [2.24, 2.45) is 22.7 Å². The first-order valence-corrected chi connectivity index (χ1v) is 10.0. The summed E-state index contributed by atoms with van der Waals surface area (Å²) >= 11 is 0. The van der Waals surface area contributed by atoms with Crippen molar-refractivity contribution in [3.8, 4) is 0 Å². The van der Waals surface area contributed by atoms with Crippen molar-refractivity contribution < 1.29 is 19.3 Å². The number of hydrogen-bond donors (Lipinski definition) is 1. The SMILES string of the molecule is C[C@@]12OC[C@H]3OC4=C5CC=C6C[C@H](O)CC[C@]6(C)[C@@H]5CC[C@]4(CO1)[C@H]32. The zero-order chi connectivity index (χ0) is 17.0. The zero-order valence-electron chi connectivity index (χ0n) is 15.2. The average Bonchev–Trinajstić information content (AvgIpc) is 3.20. The molecule has 6 rings (SSSR count). The molecule has 3 saturated heterocycles. The van der Waals surface area contributed by atoms with Crippen molar-refractivity contribution in [1.29, 1.82) is 0 Å². The minimum absolute atomic E-state index is 0.0532. The molecule has 25 heavy (non-hydrogen) atoms. The van der Waals surface area contributed by atoms with Gasteiger partial charge < -0.3 is 19.3 Å². The van der Waals surface area contributed by atoms with E-state index >= 15 is 0 Å². The van der Waals surface area contributed by atoms with Crippen molar-refractivity contribution in [3.05, 3.63) is 23.0 Å². The van der Waals surface area contributed by atoms with Gasteiger partial charge in [-0.2, -0.15) is 0 Å². The molecule has 0 unspecified atom stereocenters. The Kier molecular flexibility index (Phi) is 2.76. The Labute approximate surface area is 149 Å². The van der Waals surface area contributed by atoms with Crippen molar-refractivity contribution >= 4 is 0 Å². The van der Waals surface area contributed by atoms with E-state index in [1.165, 1.54) is 23.3 Å². The van der Waals surface area contributed by atoms with E-state index in [1.807, 2.05) is 0 Å². The van der Waals surface area contributed by atoms with Gasteiger partial charge >= 0.3 is 0 Å². The van der Waals surface area contributed by atoms with E-state index < -0.39 is 5.79 Å². The van der Waals surface area contributed by atoms with E-state index in [4.69, 9.17) is 14.2 Å². The van der Waals surface area contributed by atoms with Crippen molar-refractivity contribution in [3.63, 3.8) is 0 Å². The molecule has 0 aromatic heterocycles. The van der Waals surface area contributed by atoms with Gasteiger partial charge in [0.15, 0.2) is 5.79 Å². The summed E-state index contributed by atoms with van der Waals surface area (Å²) in [6.45, 7) is 5.95. The number of aliphatic hydroxyl groups excluding tert-OH is 1. The summed E-state index contributed by atoms with van der Waals surface area (Å²) in [5, 5.41) is 10.1. The van der Waals surface area contributed by atoms with Gasteiger partial charge in [0.25, 0.3) is 0 Å². The number of ether oxygens (including phenoxy) is 3. The molecule has 0 aromatic rings. The van der Waals surface area contributed by atoms with Gasteiger partial charge in [0.2, 0.25) is 0 Å². The minimum Gasteiger partial charge on any atom is -0.491 e. The van der Waals surface area contributed by atoms with Crippen LogP contribution in [0.15, 0.2) is 23.0 Å². The third kappa shape index (κ3) is 1.65. The van der Waals surface area contributed by atoms with Crippen LogP contribution in [-0.4, -0.2) is 36.3 Å². The quantitative estimate of drug-likeness (QED) is 0.685. The Morgan fingerprint density at radius 3 is 2.92 bits per heavy atom. The Bertz CT molecular complexity index is 711. The van der Waals surface area contributed by atoms with Crippen LogP contribution in [-0.2, 0) is 14.2 Å². The second-order valence-corrected chi connectivity index (χ2v) is 9.60. The van der Waals surface area contributed by atoms with Crippen LogP contribution in [0.2, 0.25) is 0 Å². The van der Waals surface area contributed by atoms with E-state index in [0.29, 0.717) is 18.4 Å². The molecule has 1 saturated carbocycles. The maximum absolute atomic E-state index is 10.1. The van der Waals surface area contributed by atoms with Crippen LogP contribution in [0.1, 0.15) is 52.4 Å². The molecule has 0 bridgehead atoms. The van der Waals surface area contributed by atoms with Gasteiger partial charge in [-0.3, -0.25) is 0 Å². The van der Waals surface area contributed by atoms with Crippen LogP contribution in [0.25, 0.3) is 0 Å². The highest BCUT2D eigenvalue weighted by atomic mass is 16.7. The molecule has 3 aliphatic carbocycles. The fraction of sp³-hybridized carbons (Fsp3) is 0.810.